The molecule has 4 rings (SSSR count). The van der Waals surface area contributed by atoms with Gasteiger partial charge in [-0.15, -0.1) is 8.98 Å². The van der Waals surface area contributed by atoms with Gasteiger partial charge in [-0.25, -0.2) is 0 Å². The highest BCUT2D eigenvalue weighted by Crippen LogP contribution is 2.29. The molecule has 7 nitrogen and oxygen atoms in total. The Morgan fingerprint density at radius 3 is 2.51 bits per heavy atom. The van der Waals surface area contributed by atoms with Gasteiger partial charge in [0.1, 0.15) is 0 Å². The molecule has 2 N–H and O–H groups in total. The lowest BCUT2D eigenvalue weighted by molar-refractivity contribution is -0.117. The summed E-state index contributed by atoms with van der Waals surface area (Å²) >= 11 is -0.0150. The molecule has 0 bridgehead atoms. The van der Waals surface area contributed by atoms with Crippen LogP contribution in [0.5, 0.6) is 0 Å². The molecule has 1 atom stereocenters. The summed E-state index contributed by atoms with van der Waals surface area (Å²) in [6.45, 7) is 2.51. The number of halogens is 1. The van der Waals surface area contributed by atoms with Gasteiger partial charge in [0.2, 0.25) is 11.8 Å². The lowest BCUT2D eigenvalue weighted by atomic mass is 9.95. The average molecular weight is 518 g/mol. The first kappa shape index (κ1) is 26.1. The topological polar surface area (TPSA) is 79.3 Å². The van der Waals surface area contributed by atoms with E-state index in [1.807, 2.05) is 80.5 Å². The number of benzene rings is 3. The SMILES string of the molecule is CC(C(=O)Nc1nn(SF)c2ccccc12)c1cccc(-c2ccc(NC(=O)/C=C/CN(C)C)cc2)c1. The quantitative estimate of drug-likeness (QED) is 0.271. The second kappa shape index (κ2) is 11.9. The number of amides is 2. The molecule has 0 spiro atoms. The van der Waals surface area contributed by atoms with Gasteiger partial charge < -0.3 is 15.5 Å². The van der Waals surface area contributed by atoms with Crippen LogP contribution in [0.2, 0.25) is 0 Å². The van der Waals surface area contributed by atoms with Crippen LogP contribution in [0.4, 0.5) is 15.4 Å². The van der Waals surface area contributed by atoms with Gasteiger partial charge in [-0.05, 0) is 62.0 Å². The fourth-order valence-electron chi connectivity index (χ4n) is 3.85. The fourth-order valence-corrected chi connectivity index (χ4v) is 4.19. The second-order valence-corrected chi connectivity index (χ2v) is 9.36. The smallest absolute Gasteiger partial charge is 0.248 e. The Hall–Kier alpha value is -3.95. The van der Waals surface area contributed by atoms with Gasteiger partial charge in [-0.2, -0.15) is 4.09 Å². The Morgan fingerprint density at radius 2 is 1.78 bits per heavy atom. The molecule has 0 saturated heterocycles. The van der Waals surface area contributed by atoms with Gasteiger partial charge in [0.05, 0.1) is 11.4 Å². The molecular formula is C28H28FN5O2S. The Kier molecular flexibility index (Phi) is 8.37. The van der Waals surface area contributed by atoms with Gasteiger partial charge >= 0.3 is 0 Å². The highest BCUT2D eigenvalue weighted by molar-refractivity contribution is 7.92. The van der Waals surface area contributed by atoms with Crippen LogP contribution in [0, 0.1) is 0 Å². The van der Waals surface area contributed by atoms with Crippen LogP contribution in [0.1, 0.15) is 18.4 Å². The predicted octanol–water partition coefficient (Wildman–Crippen LogP) is 5.88. The zero-order valence-electron chi connectivity index (χ0n) is 20.8. The first-order valence-electron chi connectivity index (χ1n) is 11.8. The van der Waals surface area contributed by atoms with Crippen LogP contribution in [-0.4, -0.2) is 46.5 Å². The molecule has 2 amide bonds. The van der Waals surface area contributed by atoms with E-state index in [4.69, 9.17) is 0 Å². The molecule has 0 aliphatic rings. The van der Waals surface area contributed by atoms with Crippen molar-refractivity contribution in [1.29, 1.82) is 0 Å². The lowest BCUT2D eigenvalue weighted by Crippen LogP contribution is -2.19. The van der Waals surface area contributed by atoms with Crippen molar-refractivity contribution >= 4 is 46.6 Å². The molecule has 0 radical (unpaired) electrons. The zero-order chi connectivity index (χ0) is 26.4. The van der Waals surface area contributed by atoms with Crippen molar-refractivity contribution in [2.45, 2.75) is 12.8 Å². The van der Waals surface area contributed by atoms with Crippen LogP contribution in [0.25, 0.3) is 22.0 Å². The number of fused-ring (bicyclic) bond motifs is 1. The number of para-hydroxylation sites is 1. The van der Waals surface area contributed by atoms with E-state index in [1.54, 1.807) is 24.3 Å². The monoisotopic (exact) mass is 517 g/mol. The van der Waals surface area contributed by atoms with Crippen molar-refractivity contribution in [3.63, 3.8) is 0 Å². The summed E-state index contributed by atoms with van der Waals surface area (Å²) in [7, 11) is 3.88. The van der Waals surface area contributed by atoms with E-state index in [2.05, 4.69) is 15.7 Å². The highest BCUT2D eigenvalue weighted by atomic mass is 32.2. The molecule has 0 aliphatic carbocycles. The van der Waals surface area contributed by atoms with Crippen LogP contribution >= 0.6 is 12.3 Å². The van der Waals surface area contributed by atoms with Crippen molar-refractivity contribution in [3.05, 3.63) is 90.5 Å². The van der Waals surface area contributed by atoms with Gasteiger partial charge in [0.25, 0.3) is 0 Å². The first-order valence-corrected chi connectivity index (χ1v) is 12.4. The number of carbonyl (C=O) groups is 2. The van der Waals surface area contributed by atoms with Gasteiger partial charge in [0, 0.05) is 23.7 Å². The minimum atomic E-state index is -0.464. The largest absolute Gasteiger partial charge is 0.323 e. The molecule has 37 heavy (non-hydrogen) atoms. The second-order valence-electron chi connectivity index (χ2n) is 8.88. The number of likely N-dealkylation sites (N-methyl/N-ethyl adjacent to an activating group) is 1. The fraction of sp³-hybridized carbons (Fsp3) is 0.179. The van der Waals surface area contributed by atoms with E-state index in [0.29, 0.717) is 29.0 Å². The summed E-state index contributed by atoms with van der Waals surface area (Å²) < 4.78 is 14.4. The number of nitrogens with one attached hydrogen (secondary N) is 2. The van der Waals surface area contributed by atoms with Crippen molar-refractivity contribution in [3.8, 4) is 11.1 Å². The summed E-state index contributed by atoms with van der Waals surface area (Å²) in [4.78, 5) is 27.1. The maximum absolute atomic E-state index is 13.3. The standard InChI is InChI=1S/C28H28FN5O2S/c1-19(28(36)31-27-24-10-4-5-11-25(24)34(32-27)37-29)21-8-6-9-22(18-21)20-13-15-23(16-14-20)30-26(35)12-7-17-33(2)3/h4-16,18-19H,17H2,1-3H3,(H,30,35)(H,31,32,36)/b12-7+. The predicted molar refractivity (Wildman–Crippen MR) is 149 cm³/mol. The minimum absolute atomic E-state index is 0.0150. The molecule has 190 valence electrons. The molecular weight excluding hydrogens is 489 g/mol. The molecule has 1 heterocycles. The molecule has 3 aromatic carbocycles. The Bertz CT molecular complexity index is 1430. The number of hydrogen-bond donors (Lipinski definition) is 2. The van der Waals surface area contributed by atoms with E-state index < -0.39 is 5.92 Å². The van der Waals surface area contributed by atoms with Crippen molar-refractivity contribution in [2.24, 2.45) is 0 Å². The van der Waals surface area contributed by atoms with Gasteiger partial charge in [0.15, 0.2) is 18.2 Å². The van der Waals surface area contributed by atoms with Crippen LogP contribution in [-0.2, 0) is 9.59 Å². The van der Waals surface area contributed by atoms with Gasteiger partial charge in [-0.1, -0.05) is 54.6 Å². The van der Waals surface area contributed by atoms with Crippen molar-refractivity contribution < 1.29 is 13.5 Å². The Morgan fingerprint density at radius 1 is 1.03 bits per heavy atom. The molecule has 0 saturated carbocycles. The van der Waals surface area contributed by atoms with Crippen molar-refractivity contribution in [1.82, 2.24) is 14.1 Å². The van der Waals surface area contributed by atoms with Crippen LogP contribution in [0.3, 0.4) is 0 Å². The maximum atomic E-state index is 13.3. The molecule has 4 aromatic rings. The zero-order valence-corrected chi connectivity index (χ0v) is 21.6. The number of rotatable bonds is 9. The van der Waals surface area contributed by atoms with Crippen LogP contribution in [0.15, 0.2) is 84.9 Å². The third kappa shape index (κ3) is 6.44. The minimum Gasteiger partial charge on any atom is -0.323 e. The first-order chi connectivity index (χ1) is 17.9. The van der Waals surface area contributed by atoms with Crippen molar-refractivity contribution in [2.75, 3.05) is 31.3 Å². The summed E-state index contributed by atoms with van der Waals surface area (Å²) in [5.74, 6) is -0.562. The third-order valence-corrected chi connectivity index (χ3v) is 6.28. The van der Waals surface area contributed by atoms with E-state index in [-0.39, 0.29) is 24.1 Å². The Labute approximate surface area is 219 Å². The average Bonchev–Trinajstić information content (AvgIpc) is 3.26. The molecule has 0 fully saturated rings. The summed E-state index contributed by atoms with van der Waals surface area (Å²) in [6, 6.07) is 22.4. The molecule has 9 heteroatoms. The third-order valence-electron chi connectivity index (χ3n) is 5.87. The van der Waals surface area contributed by atoms with E-state index in [1.165, 1.54) is 6.08 Å². The normalized spacial score (nSPS) is 12.2. The summed E-state index contributed by atoms with van der Waals surface area (Å²) in [5.41, 5.74) is 4.03. The molecule has 0 aliphatic heterocycles. The molecule has 1 unspecified atom stereocenters. The van der Waals surface area contributed by atoms with E-state index >= 15 is 0 Å². The number of aromatic nitrogens is 2. The Balaban J connectivity index is 1.45. The number of anilines is 2. The van der Waals surface area contributed by atoms with Gasteiger partial charge in [-0.3, -0.25) is 9.59 Å². The van der Waals surface area contributed by atoms with E-state index in [0.717, 1.165) is 20.8 Å². The maximum Gasteiger partial charge on any atom is 0.248 e. The number of nitrogens with zero attached hydrogens (tertiary/aromatic N) is 3. The summed E-state index contributed by atoms with van der Waals surface area (Å²) in [6.07, 6.45) is 3.33. The molecule has 1 aromatic heterocycles. The number of hydrogen-bond acceptors (Lipinski definition) is 5. The van der Waals surface area contributed by atoms with E-state index in [9.17, 15) is 13.5 Å². The number of carbonyl (C=O) groups excluding carboxylic acids is 2. The lowest BCUT2D eigenvalue weighted by Gasteiger charge is -2.13. The highest BCUT2D eigenvalue weighted by Gasteiger charge is 2.19. The van der Waals surface area contributed by atoms with Crippen LogP contribution < -0.4 is 10.6 Å². The summed E-state index contributed by atoms with van der Waals surface area (Å²) in [5, 5.41) is 10.5.